The molecule has 1 aromatic rings. The van der Waals surface area contributed by atoms with E-state index in [-0.39, 0.29) is 0 Å². The molecule has 94 valence electrons. The van der Waals surface area contributed by atoms with Crippen LogP contribution in [-0.4, -0.2) is 21.8 Å². The predicted molar refractivity (Wildman–Crippen MR) is 69.2 cm³/mol. The summed E-state index contributed by atoms with van der Waals surface area (Å²) in [5, 5.41) is 19.2. The molecule has 0 aliphatic heterocycles. The minimum absolute atomic E-state index is 0.297. The Labute approximate surface area is 106 Å². The molecule has 1 aromatic carbocycles. The molecular formula is C15H16O3. The number of benzene rings is 1. The van der Waals surface area contributed by atoms with E-state index in [0.717, 1.165) is 11.1 Å². The quantitative estimate of drug-likeness (QED) is 0.858. The third-order valence-electron chi connectivity index (χ3n) is 3.05. The van der Waals surface area contributed by atoms with E-state index in [2.05, 4.69) is 0 Å². The Kier molecular flexibility index (Phi) is 3.34. The third-order valence-corrected chi connectivity index (χ3v) is 3.05. The van der Waals surface area contributed by atoms with Gasteiger partial charge in [0.2, 0.25) is 0 Å². The Hall–Kier alpha value is -1.87. The maximum absolute atomic E-state index is 11.2. The molecule has 0 heterocycles. The average molecular weight is 244 g/mol. The van der Waals surface area contributed by atoms with Crippen LogP contribution in [0.1, 0.15) is 18.9 Å². The van der Waals surface area contributed by atoms with Crippen LogP contribution in [0.2, 0.25) is 0 Å². The molecule has 0 spiro atoms. The van der Waals surface area contributed by atoms with E-state index in [1.807, 2.05) is 30.3 Å². The molecule has 2 N–H and O–H groups in total. The second-order valence-corrected chi connectivity index (χ2v) is 4.85. The monoisotopic (exact) mass is 244 g/mol. The van der Waals surface area contributed by atoms with Crippen LogP contribution < -0.4 is 0 Å². The molecule has 0 bridgehead atoms. The maximum atomic E-state index is 11.2. The first-order valence-electron chi connectivity index (χ1n) is 5.89. The lowest BCUT2D eigenvalue weighted by Crippen LogP contribution is -2.26. The summed E-state index contributed by atoms with van der Waals surface area (Å²) in [6.07, 6.45) is 3.97. The SMILES string of the molecule is CC1(O)C=CC(C(=O)O)=C(Cc2ccccc2)C1. The van der Waals surface area contributed by atoms with E-state index in [4.69, 9.17) is 5.11 Å². The van der Waals surface area contributed by atoms with Crippen LogP contribution in [0.4, 0.5) is 0 Å². The van der Waals surface area contributed by atoms with Crippen LogP contribution in [0.5, 0.6) is 0 Å². The molecule has 0 aromatic heterocycles. The fourth-order valence-corrected chi connectivity index (χ4v) is 2.19. The molecule has 1 aliphatic rings. The molecule has 18 heavy (non-hydrogen) atoms. The van der Waals surface area contributed by atoms with Crippen molar-refractivity contribution in [1.29, 1.82) is 0 Å². The van der Waals surface area contributed by atoms with Gasteiger partial charge in [0.15, 0.2) is 0 Å². The van der Waals surface area contributed by atoms with Gasteiger partial charge in [0.25, 0.3) is 0 Å². The highest BCUT2D eigenvalue weighted by atomic mass is 16.4. The molecule has 0 fully saturated rings. The van der Waals surface area contributed by atoms with Crippen molar-refractivity contribution in [2.45, 2.75) is 25.4 Å². The third kappa shape index (κ3) is 2.87. The molecule has 3 nitrogen and oxygen atoms in total. The highest BCUT2D eigenvalue weighted by Crippen LogP contribution is 2.29. The van der Waals surface area contributed by atoms with Gasteiger partial charge in [-0.1, -0.05) is 36.4 Å². The summed E-state index contributed by atoms with van der Waals surface area (Å²) in [4.78, 5) is 11.2. The zero-order valence-corrected chi connectivity index (χ0v) is 10.3. The molecule has 1 aliphatic carbocycles. The van der Waals surface area contributed by atoms with E-state index in [1.54, 1.807) is 13.0 Å². The van der Waals surface area contributed by atoms with Gasteiger partial charge in [0.05, 0.1) is 11.2 Å². The van der Waals surface area contributed by atoms with Crippen LogP contribution in [0, 0.1) is 0 Å². The summed E-state index contributed by atoms with van der Waals surface area (Å²) >= 11 is 0. The van der Waals surface area contributed by atoms with Crippen molar-refractivity contribution in [2.24, 2.45) is 0 Å². The lowest BCUT2D eigenvalue weighted by Gasteiger charge is -2.26. The topological polar surface area (TPSA) is 57.5 Å². The van der Waals surface area contributed by atoms with Crippen LogP contribution >= 0.6 is 0 Å². The van der Waals surface area contributed by atoms with Crippen molar-refractivity contribution in [1.82, 2.24) is 0 Å². The predicted octanol–water partition coefficient (Wildman–Crippen LogP) is 2.32. The van der Waals surface area contributed by atoms with E-state index < -0.39 is 11.6 Å². The first-order chi connectivity index (χ1) is 8.48. The summed E-state index contributed by atoms with van der Waals surface area (Å²) in [5.41, 5.74) is 1.16. The minimum Gasteiger partial charge on any atom is -0.478 e. The number of aliphatic carboxylic acids is 1. The van der Waals surface area contributed by atoms with Gasteiger partial charge >= 0.3 is 5.97 Å². The maximum Gasteiger partial charge on any atom is 0.335 e. The van der Waals surface area contributed by atoms with Crippen molar-refractivity contribution in [3.05, 3.63) is 59.2 Å². The van der Waals surface area contributed by atoms with E-state index in [1.165, 1.54) is 6.08 Å². The molecule has 0 amide bonds. The number of carboxylic acids is 1. The summed E-state index contributed by atoms with van der Waals surface area (Å²) in [6.45, 7) is 1.69. The number of carboxylic acid groups (broad SMARTS) is 1. The zero-order chi connectivity index (χ0) is 13.2. The number of hydrogen-bond acceptors (Lipinski definition) is 2. The second kappa shape index (κ2) is 4.78. The summed E-state index contributed by atoms with van der Waals surface area (Å²) in [6, 6.07) is 9.69. The smallest absolute Gasteiger partial charge is 0.335 e. The summed E-state index contributed by atoms with van der Waals surface area (Å²) in [5.74, 6) is -0.937. The van der Waals surface area contributed by atoms with Gasteiger partial charge < -0.3 is 10.2 Å². The Bertz CT molecular complexity index is 510. The van der Waals surface area contributed by atoms with E-state index >= 15 is 0 Å². The molecule has 0 radical (unpaired) electrons. The average Bonchev–Trinajstić information content (AvgIpc) is 2.28. The van der Waals surface area contributed by atoms with Crippen molar-refractivity contribution in [3.8, 4) is 0 Å². The molecule has 1 atom stereocenters. The van der Waals surface area contributed by atoms with Crippen LogP contribution in [0.25, 0.3) is 0 Å². The normalized spacial score (nSPS) is 23.2. The molecule has 3 heteroatoms. The zero-order valence-electron chi connectivity index (χ0n) is 10.3. The van der Waals surface area contributed by atoms with Crippen LogP contribution in [0.3, 0.4) is 0 Å². The van der Waals surface area contributed by atoms with Gasteiger partial charge in [-0.25, -0.2) is 4.79 Å². The number of aliphatic hydroxyl groups is 1. The Morgan fingerprint density at radius 1 is 1.33 bits per heavy atom. The fraction of sp³-hybridized carbons (Fsp3) is 0.267. The Morgan fingerprint density at radius 2 is 2.00 bits per heavy atom. The highest BCUT2D eigenvalue weighted by molar-refractivity contribution is 5.91. The summed E-state index contributed by atoms with van der Waals surface area (Å²) in [7, 11) is 0. The van der Waals surface area contributed by atoms with E-state index in [0.29, 0.717) is 18.4 Å². The van der Waals surface area contributed by atoms with Gasteiger partial charge in [0, 0.05) is 6.42 Å². The largest absolute Gasteiger partial charge is 0.478 e. The Balaban J connectivity index is 2.31. The molecular weight excluding hydrogens is 228 g/mol. The van der Waals surface area contributed by atoms with Crippen LogP contribution in [0.15, 0.2) is 53.6 Å². The van der Waals surface area contributed by atoms with Crippen molar-refractivity contribution in [2.75, 3.05) is 0 Å². The van der Waals surface area contributed by atoms with Crippen LogP contribution in [-0.2, 0) is 11.2 Å². The first-order valence-corrected chi connectivity index (χ1v) is 5.89. The standard InChI is InChI=1S/C15H16O3/c1-15(18)8-7-13(14(16)17)12(10-15)9-11-5-3-2-4-6-11/h2-8,18H,9-10H2,1H3,(H,16,17). The fourth-order valence-electron chi connectivity index (χ4n) is 2.19. The molecule has 0 saturated heterocycles. The van der Waals surface area contributed by atoms with Gasteiger partial charge in [0.1, 0.15) is 0 Å². The highest BCUT2D eigenvalue weighted by Gasteiger charge is 2.26. The van der Waals surface area contributed by atoms with E-state index in [9.17, 15) is 9.90 Å². The van der Waals surface area contributed by atoms with Crippen molar-refractivity contribution >= 4 is 5.97 Å². The van der Waals surface area contributed by atoms with Gasteiger partial charge in [-0.05, 0) is 30.6 Å². The molecule has 1 unspecified atom stereocenters. The Morgan fingerprint density at radius 3 is 2.61 bits per heavy atom. The lowest BCUT2D eigenvalue weighted by atomic mass is 9.84. The molecule has 0 saturated carbocycles. The second-order valence-electron chi connectivity index (χ2n) is 4.85. The lowest BCUT2D eigenvalue weighted by molar-refractivity contribution is -0.132. The number of carbonyl (C=O) groups is 1. The molecule has 2 rings (SSSR count). The number of hydrogen-bond donors (Lipinski definition) is 2. The van der Waals surface area contributed by atoms with Gasteiger partial charge in [-0.2, -0.15) is 0 Å². The van der Waals surface area contributed by atoms with Gasteiger partial charge in [-0.3, -0.25) is 0 Å². The van der Waals surface area contributed by atoms with Crippen molar-refractivity contribution < 1.29 is 15.0 Å². The first kappa shape index (κ1) is 12.6. The summed E-state index contributed by atoms with van der Waals surface area (Å²) < 4.78 is 0. The number of rotatable bonds is 3. The minimum atomic E-state index is -0.955. The van der Waals surface area contributed by atoms with Gasteiger partial charge in [-0.15, -0.1) is 0 Å². The van der Waals surface area contributed by atoms with Crippen molar-refractivity contribution in [3.63, 3.8) is 0 Å².